The third kappa shape index (κ3) is 3.87. The summed E-state index contributed by atoms with van der Waals surface area (Å²) in [6, 6.07) is 5.76. The van der Waals surface area contributed by atoms with Gasteiger partial charge >= 0.3 is 0 Å². The number of hydrogen-bond acceptors (Lipinski definition) is 7. The molecule has 134 valence electrons. The molecule has 4 heterocycles. The summed E-state index contributed by atoms with van der Waals surface area (Å²) in [4.78, 5) is 28.6. The van der Waals surface area contributed by atoms with Gasteiger partial charge in [0.25, 0.3) is 0 Å². The molecule has 0 aromatic carbocycles. The third-order valence-corrected chi connectivity index (χ3v) is 5.12. The topological polar surface area (TPSA) is 80.2 Å². The number of anilines is 1. The number of amides is 1. The third-order valence-electron chi connectivity index (χ3n) is 4.19. The summed E-state index contributed by atoms with van der Waals surface area (Å²) in [5.74, 6) is 0.439. The molecule has 0 radical (unpaired) electrons. The summed E-state index contributed by atoms with van der Waals surface area (Å²) in [6.45, 7) is 5.21. The zero-order valence-corrected chi connectivity index (χ0v) is 15.3. The van der Waals surface area contributed by atoms with Crippen molar-refractivity contribution in [2.24, 2.45) is 0 Å². The summed E-state index contributed by atoms with van der Waals surface area (Å²) in [6.07, 6.45) is 3.56. The highest BCUT2D eigenvalue weighted by Gasteiger charge is 2.15. The summed E-state index contributed by atoms with van der Waals surface area (Å²) >= 11 is 1.61. The first kappa shape index (κ1) is 17.0. The number of fused-ring (bicyclic) bond motifs is 1. The predicted octanol–water partition coefficient (Wildman–Crippen LogP) is 2.33. The van der Waals surface area contributed by atoms with Crippen molar-refractivity contribution in [3.63, 3.8) is 0 Å². The molecule has 1 amide bonds. The molecule has 1 saturated heterocycles. The molecule has 0 unspecified atom stereocenters. The molecule has 0 spiro atoms. The minimum atomic E-state index is -0.0759. The Balaban J connectivity index is 1.51. The van der Waals surface area contributed by atoms with Crippen LogP contribution in [0.15, 0.2) is 30.6 Å². The molecule has 0 saturated carbocycles. The van der Waals surface area contributed by atoms with Crippen LogP contribution in [0.1, 0.15) is 5.01 Å². The van der Waals surface area contributed by atoms with E-state index in [1.165, 1.54) is 0 Å². The normalized spacial score (nSPS) is 15.3. The predicted molar refractivity (Wildman–Crippen MR) is 101 cm³/mol. The summed E-state index contributed by atoms with van der Waals surface area (Å²) in [7, 11) is 0. The Morgan fingerprint density at radius 1 is 1.27 bits per heavy atom. The van der Waals surface area contributed by atoms with Crippen molar-refractivity contribution in [1.82, 2.24) is 19.9 Å². The van der Waals surface area contributed by atoms with Gasteiger partial charge in [0.05, 0.1) is 40.9 Å². The Morgan fingerprint density at radius 3 is 2.88 bits per heavy atom. The van der Waals surface area contributed by atoms with Gasteiger partial charge in [-0.3, -0.25) is 9.69 Å². The minimum Gasteiger partial charge on any atom is -0.379 e. The van der Waals surface area contributed by atoms with Gasteiger partial charge in [0.2, 0.25) is 5.91 Å². The molecule has 0 atom stereocenters. The molecule has 3 aromatic heterocycles. The van der Waals surface area contributed by atoms with E-state index in [0.29, 0.717) is 25.6 Å². The lowest BCUT2D eigenvalue weighted by Gasteiger charge is -2.25. The van der Waals surface area contributed by atoms with E-state index in [9.17, 15) is 4.79 Å². The highest BCUT2D eigenvalue weighted by molar-refractivity contribution is 7.15. The number of thiazole rings is 1. The second kappa shape index (κ2) is 7.45. The first-order valence-electron chi connectivity index (χ1n) is 8.47. The van der Waals surface area contributed by atoms with Crippen molar-refractivity contribution in [2.75, 3.05) is 38.2 Å². The Bertz CT molecular complexity index is 936. The second-order valence-corrected chi connectivity index (χ2v) is 7.37. The van der Waals surface area contributed by atoms with Crippen molar-refractivity contribution in [1.29, 1.82) is 0 Å². The first-order chi connectivity index (χ1) is 12.7. The molecule has 0 aliphatic carbocycles. The van der Waals surface area contributed by atoms with Gasteiger partial charge in [-0.05, 0) is 19.1 Å². The smallest absolute Gasteiger partial charge is 0.239 e. The number of aromatic nitrogens is 3. The number of pyridine rings is 2. The molecule has 8 heteroatoms. The molecular formula is C18H19N5O2S. The standard InChI is InChI=1S/C18H19N5O2S/c1-12-19-10-16(26-12)14-3-2-13-9-20-17(8-15(13)21-14)22-18(24)11-23-4-6-25-7-5-23/h2-3,8-10H,4-7,11H2,1H3,(H,20,22,24). The molecule has 4 rings (SSSR count). The zero-order valence-electron chi connectivity index (χ0n) is 14.4. The van der Waals surface area contributed by atoms with Crippen LogP contribution >= 0.6 is 11.3 Å². The molecule has 1 aliphatic rings. The average Bonchev–Trinajstić information content (AvgIpc) is 3.08. The maximum Gasteiger partial charge on any atom is 0.239 e. The molecule has 1 aliphatic heterocycles. The van der Waals surface area contributed by atoms with E-state index in [4.69, 9.17) is 9.72 Å². The van der Waals surface area contributed by atoms with Crippen molar-refractivity contribution in [2.45, 2.75) is 6.92 Å². The van der Waals surface area contributed by atoms with Crippen molar-refractivity contribution in [3.8, 4) is 10.6 Å². The summed E-state index contributed by atoms with van der Waals surface area (Å²) in [5, 5.41) is 4.80. The number of nitrogens with one attached hydrogen (secondary N) is 1. The second-order valence-electron chi connectivity index (χ2n) is 6.14. The van der Waals surface area contributed by atoms with Crippen LogP contribution in [0.4, 0.5) is 5.82 Å². The Hall–Kier alpha value is -2.42. The van der Waals surface area contributed by atoms with Crippen LogP contribution in [0.2, 0.25) is 0 Å². The SMILES string of the molecule is Cc1ncc(-c2ccc3cnc(NC(=O)CN4CCOCC4)cc3n2)s1. The van der Waals surface area contributed by atoms with E-state index in [1.54, 1.807) is 17.5 Å². The van der Waals surface area contributed by atoms with Gasteiger partial charge in [0, 0.05) is 36.9 Å². The van der Waals surface area contributed by atoms with E-state index in [2.05, 4.69) is 20.2 Å². The molecule has 1 fully saturated rings. The maximum atomic E-state index is 12.2. The average molecular weight is 369 g/mol. The number of aryl methyl sites for hydroxylation is 1. The van der Waals surface area contributed by atoms with Gasteiger partial charge in [-0.2, -0.15) is 0 Å². The van der Waals surface area contributed by atoms with Gasteiger partial charge in [-0.25, -0.2) is 15.0 Å². The van der Waals surface area contributed by atoms with Gasteiger partial charge in [-0.15, -0.1) is 11.3 Å². The fourth-order valence-corrected chi connectivity index (χ4v) is 3.59. The largest absolute Gasteiger partial charge is 0.379 e. The molecule has 26 heavy (non-hydrogen) atoms. The van der Waals surface area contributed by atoms with Crippen LogP contribution < -0.4 is 5.32 Å². The number of carbonyl (C=O) groups excluding carboxylic acids is 1. The van der Waals surface area contributed by atoms with Crippen molar-refractivity contribution >= 4 is 34.0 Å². The number of nitrogens with zero attached hydrogens (tertiary/aromatic N) is 4. The number of ether oxygens (including phenoxy) is 1. The zero-order chi connectivity index (χ0) is 17.9. The number of carbonyl (C=O) groups is 1. The van der Waals surface area contributed by atoms with E-state index >= 15 is 0 Å². The van der Waals surface area contributed by atoms with E-state index < -0.39 is 0 Å². The van der Waals surface area contributed by atoms with Crippen LogP contribution in [-0.2, 0) is 9.53 Å². The summed E-state index contributed by atoms with van der Waals surface area (Å²) in [5.41, 5.74) is 1.67. The van der Waals surface area contributed by atoms with Gasteiger partial charge < -0.3 is 10.1 Å². The molecule has 7 nitrogen and oxygen atoms in total. The van der Waals surface area contributed by atoms with Crippen LogP contribution in [0.25, 0.3) is 21.5 Å². The lowest BCUT2D eigenvalue weighted by atomic mass is 10.2. The highest BCUT2D eigenvalue weighted by Crippen LogP contribution is 2.26. The van der Waals surface area contributed by atoms with Crippen LogP contribution in [-0.4, -0.2) is 58.6 Å². The van der Waals surface area contributed by atoms with Crippen LogP contribution in [0, 0.1) is 6.92 Å². The lowest BCUT2D eigenvalue weighted by Crippen LogP contribution is -2.41. The van der Waals surface area contributed by atoms with E-state index in [-0.39, 0.29) is 5.91 Å². The number of hydrogen-bond donors (Lipinski definition) is 1. The Labute approximate surface area is 155 Å². The Kier molecular flexibility index (Phi) is 4.87. The molecule has 0 bridgehead atoms. The van der Waals surface area contributed by atoms with Crippen LogP contribution in [0.3, 0.4) is 0 Å². The van der Waals surface area contributed by atoms with E-state index in [0.717, 1.165) is 39.6 Å². The molecular weight excluding hydrogens is 350 g/mol. The van der Waals surface area contributed by atoms with Gasteiger partial charge in [0.1, 0.15) is 5.82 Å². The van der Waals surface area contributed by atoms with E-state index in [1.807, 2.05) is 31.3 Å². The molecule has 1 N–H and O–H groups in total. The fraction of sp³-hybridized carbons (Fsp3) is 0.333. The lowest BCUT2D eigenvalue weighted by molar-refractivity contribution is -0.118. The highest BCUT2D eigenvalue weighted by atomic mass is 32.1. The Morgan fingerprint density at radius 2 is 2.12 bits per heavy atom. The maximum absolute atomic E-state index is 12.2. The number of morpholine rings is 1. The summed E-state index contributed by atoms with van der Waals surface area (Å²) < 4.78 is 5.30. The minimum absolute atomic E-state index is 0.0759. The van der Waals surface area contributed by atoms with Crippen molar-refractivity contribution in [3.05, 3.63) is 35.6 Å². The first-order valence-corrected chi connectivity index (χ1v) is 9.28. The number of rotatable bonds is 4. The van der Waals surface area contributed by atoms with Crippen LogP contribution in [0.5, 0.6) is 0 Å². The monoisotopic (exact) mass is 369 g/mol. The van der Waals surface area contributed by atoms with Gasteiger partial charge in [-0.1, -0.05) is 0 Å². The quantitative estimate of drug-likeness (QED) is 0.760. The van der Waals surface area contributed by atoms with Gasteiger partial charge in [0.15, 0.2) is 0 Å². The van der Waals surface area contributed by atoms with Crippen molar-refractivity contribution < 1.29 is 9.53 Å². The molecule has 3 aromatic rings. The fourth-order valence-electron chi connectivity index (χ4n) is 2.85.